The van der Waals surface area contributed by atoms with Crippen molar-refractivity contribution in [2.75, 3.05) is 0 Å². The molecule has 64 valence electrons. The van der Waals surface area contributed by atoms with Gasteiger partial charge < -0.3 is 5.84 Å². The number of hydrazone groups is 1. The fraction of sp³-hybridized carbons (Fsp3) is 0. The van der Waals surface area contributed by atoms with Gasteiger partial charge in [-0.1, -0.05) is 34.8 Å². The minimum atomic E-state index is 0.360. The molecule has 0 radical (unpaired) electrons. The Balaban J connectivity index is 3.32. The number of hydrogen-bond acceptors (Lipinski definition) is 2. The first-order valence-corrected chi connectivity index (χ1v) is 4.17. The summed E-state index contributed by atoms with van der Waals surface area (Å²) in [5.41, 5.74) is 0.535. The van der Waals surface area contributed by atoms with Gasteiger partial charge in [0.15, 0.2) is 0 Å². The first kappa shape index (κ1) is 9.65. The van der Waals surface area contributed by atoms with Crippen LogP contribution in [0.15, 0.2) is 17.2 Å². The van der Waals surface area contributed by atoms with E-state index in [1.165, 1.54) is 6.21 Å². The molecule has 0 saturated heterocycles. The van der Waals surface area contributed by atoms with Gasteiger partial charge in [-0.25, -0.2) is 0 Å². The molecule has 0 saturated carbocycles. The van der Waals surface area contributed by atoms with Gasteiger partial charge in [0.1, 0.15) is 0 Å². The van der Waals surface area contributed by atoms with Gasteiger partial charge in [-0.3, -0.25) is 0 Å². The minimum absolute atomic E-state index is 0.360. The van der Waals surface area contributed by atoms with Gasteiger partial charge in [0.2, 0.25) is 0 Å². The fourth-order valence-electron chi connectivity index (χ4n) is 0.736. The zero-order chi connectivity index (χ0) is 9.14. The molecule has 1 rings (SSSR count). The van der Waals surface area contributed by atoms with Crippen LogP contribution in [-0.2, 0) is 0 Å². The van der Waals surface area contributed by atoms with Crippen molar-refractivity contribution in [1.82, 2.24) is 0 Å². The van der Waals surface area contributed by atoms with Crippen LogP contribution in [0.1, 0.15) is 5.56 Å². The number of benzene rings is 1. The van der Waals surface area contributed by atoms with Crippen molar-refractivity contribution in [3.63, 3.8) is 0 Å². The Kier molecular flexibility index (Phi) is 3.20. The molecule has 1 aromatic carbocycles. The number of nitrogens with zero attached hydrogens (tertiary/aromatic N) is 1. The van der Waals surface area contributed by atoms with Crippen molar-refractivity contribution in [2.24, 2.45) is 10.9 Å². The van der Waals surface area contributed by atoms with Crippen molar-refractivity contribution >= 4 is 41.0 Å². The van der Waals surface area contributed by atoms with Gasteiger partial charge in [-0.05, 0) is 12.1 Å². The van der Waals surface area contributed by atoms with Crippen LogP contribution >= 0.6 is 34.8 Å². The van der Waals surface area contributed by atoms with Crippen LogP contribution < -0.4 is 5.84 Å². The molecule has 0 aliphatic heterocycles. The average Bonchev–Trinajstić information content (AvgIpc) is 2.06. The summed E-state index contributed by atoms with van der Waals surface area (Å²) in [6.45, 7) is 0. The summed E-state index contributed by atoms with van der Waals surface area (Å²) in [6, 6.07) is 3.24. The number of hydrogen-bond donors (Lipinski definition) is 1. The van der Waals surface area contributed by atoms with Crippen molar-refractivity contribution in [3.05, 3.63) is 32.8 Å². The molecule has 0 fully saturated rings. The molecule has 2 N–H and O–H groups in total. The van der Waals surface area contributed by atoms with Crippen molar-refractivity contribution < 1.29 is 0 Å². The molecule has 0 aliphatic rings. The molecule has 1 aromatic rings. The second-order valence-electron chi connectivity index (χ2n) is 2.04. The lowest BCUT2D eigenvalue weighted by atomic mass is 10.2. The number of nitrogens with two attached hydrogens (primary N) is 1. The maximum absolute atomic E-state index is 5.81. The topological polar surface area (TPSA) is 38.4 Å². The van der Waals surface area contributed by atoms with Gasteiger partial charge in [0.25, 0.3) is 0 Å². The summed E-state index contributed by atoms with van der Waals surface area (Å²) in [4.78, 5) is 0. The zero-order valence-electron chi connectivity index (χ0n) is 5.89. The summed E-state index contributed by atoms with van der Waals surface area (Å²) < 4.78 is 0. The smallest absolute Gasteiger partial charge is 0.0695 e. The van der Waals surface area contributed by atoms with E-state index in [1.807, 2.05) is 0 Å². The van der Waals surface area contributed by atoms with Crippen molar-refractivity contribution in [3.8, 4) is 0 Å². The van der Waals surface area contributed by atoms with Crippen LogP contribution in [0.25, 0.3) is 0 Å². The van der Waals surface area contributed by atoms with E-state index < -0.39 is 0 Å². The number of halogens is 3. The summed E-state index contributed by atoms with van der Waals surface area (Å²) in [5.74, 6) is 4.96. The molecule has 0 heterocycles. The zero-order valence-corrected chi connectivity index (χ0v) is 8.16. The third-order valence-electron chi connectivity index (χ3n) is 1.28. The number of rotatable bonds is 1. The molecule has 0 amide bonds. The van der Waals surface area contributed by atoms with E-state index in [1.54, 1.807) is 12.1 Å². The Hall–Kier alpha value is -0.440. The third-order valence-corrected chi connectivity index (χ3v) is 2.43. The highest BCUT2D eigenvalue weighted by Gasteiger charge is 2.06. The lowest BCUT2D eigenvalue weighted by Crippen LogP contribution is -1.89. The van der Waals surface area contributed by atoms with Gasteiger partial charge in [-0.2, -0.15) is 5.10 Å². The van der Waals surface area contributed by atoms with E-state index in [0.717, 1.165) is 0 Å². The molecule has 2 nitrogen and oxygen atoms in total. The lowest BCUT2D eigenvalue weighted by Gasteiger charge is -2.01. The van der Waals surface area contributed by atoms with E-state index in [-0.39, 0.29) is 0 Å². The predicted molar refractivity (Wildman–Crippen MR) is 53.3 cm³/mol. The molecule has 12 heavy (non-hydrogen) atoms. The fourth-order valence-corrected chi connectivity index (χ4v) is 1.37. The summed E-state index contributed by atoms with van der Waals surface area (Å²) in [6.07, 6.45) is 1.36. The van der Waals surface area contributed by atoms with Crippen molar-refractivity contribution in [2.45, 2.75) is 0 Å². The molecule has 0 aliphatic carbocycles. The maximum atomic E-state index is 5.81. The molecular formula is C7H5Cl3N2. The highest BCUT2D eigenvalue weighted by molar-refractivity contribution is 6.45. The summed E-state index contributed by atoms with van der Waals surface area (Å²) >= 11 is 17.3. The van der Waals surface area contributed by atoms with Crippen LogP contribution in [0.3, 0.4) is 0 Å². The SMILES string of the molecule is NN=Cc1c(Cl)ccc(Cl)c1Cl. The molecule has 5 heteroatoms. The normalized spacial score (nSPS) is 10.9. The average molecular weight is 223 g/mol. The van der Waals surface area contributed by atoms with E-state index in [2.05, 4.69) is 5.10 Å². The highest BCUT2D eigenvalue weighted by atomic mass is 35.5. The van der Waals surface area contributed by atoms with Gasteiger partial charge >= 0.3 is 0 Å². The Morgan fingerprint density at radius 1 is 1.17 bits per heavy atom. The largest absolute Gasteiger partial charge is 0.323 e. The van der Waals surface area contributed by atoms with Crippen LogP contribution in [0.4, 0.5) is 0 Å². The molecule has 0 atom stereocenters. The van der Waals surface area contributed by atoms with Crippen LogP contribution in [0.2, 0.25) is 15.1 Å². The molecule has 0 aromatic heterocycles. The first-order chi connectivity index (χ1) is 5.66. The van der Waals surface area contributed by atoms with E-state index in [9.17, 15) is 0 Å². The lowest BCUT2D eigenvalue weighted by molar-refractivity contribution is 1.26. The predicted octanol–water partition coefficient (Wildman–Crippen LogP) is 2.94. The Labute approximate surface area is 84.9 Å². The standard InChI is InChI=1S/C7H5Cl3N2/c8-5-1-2-6(9)7(10)4(5)3-12-11/h1-3H,11H2. The van der Waals surface area contributed by atoms with Crippen LogP contribution in [0, 0.1) is 0 Å². The quantitative estimate of drug-likeness (QED) is 0.338. The molecule has 0 bridgehead atoms. The summed E-state index contributed by atoms with van der Waals surface area (Å²) in [7, 11) is 0. The first-order valence-electron chi connectivity index (χ1n) is 3.03. The monoisotopic (exact) mass is 222 g/mol. The Morgan fingerprint density at radius 2 is 1.75 bits per heavy atom. The molecular weight excluding hydrogens is 218 g/mol. The van der Waals surface area contributed by atoms with E-state index >= 15 is 0 Å². The Bertz CT molecular complexity index is 323. The maximum Gasteiger partial charge on any atom is 0.0695 e. The van der Waals surface area contributed by atoms with Crippen molar-refractivity contribution in [1.29, 1.82) is 0 Å². The Morgan fingerprint density at radius 3 is 2.33 bits per heavy atom. The second-order valence-corrected chi connectivity index (χ2v) is 3.23. The van der Waals surface area contributed by atoms with E-state index in [4.69, 9.17) is 40.6 Å². The van der Waals surface area contributed by atoms with Gasteiger partial charge in [-0.15, -0.1) is 0 Å². The van der Waals surface area contributed by atoms with Crippen LogP contribution in [0.5, 0.6) is 0 Å². The van der Waals surface area contributed by atoms with E-state index in [0.29, 0.717) is 20.6 Å². The van der Waals surface area contributed by atoms with Crippen LogP contribution in [-0.4, -0.2) is 6.21 Å². The van der Waals surface area contributed by atoms with Gasteiger partial charge in [0, 0.05) is 5.56 Å². The molecule has 0 unspecified atom stereocenters. The molecule has 0 spiro atoms. The minimum Gasteiger partial charge on any atom is -0.323 e. The second kappa shape index (κ2) is 3.99. The highest BCUT2D eigenvalue weighted by Crippen LogP contribution is 2.29. The summed E-state index contributed by atoms with van der Waals surface area (Å²) in [5, 5.41) is 4.57. The van der Waals surface area contributed by atoms with Gasteiger partial charge in [0.05, 0.1) is 21.3 Å². The third kappa shape index (κ3) is 1.83.